The zero-order valence-electron chi connectivity index (χ0n) is 9.31. The SMILES string of the molecule is COCCNCCN(C)c1cnccn1. The zero-order valence-corrected chi connectivity index (χ0v) is 9.31. The van der Waals surface area contributed by atoms with Gasteiger partial charge in [0.1, 0.15) is 5.82 Å². The van der Waals surface area contributed by atoms with Crippen LogP contribution in [-0.4, -0.2) is 50.4 Å². The van der Waals surface area contributed by atoms with E-state index in [-0.39, 0.29) is 0 Å². The van der Waals surface area contributed by atoms with E-state index in [1.54, 1.807) is 25.7 Å². The van der Waals surface area contributed by atoms with E-state index >= 15 is 0 Å². The maximum atomic E-state index is 4.94. The summed E-state index contributed by atoms with van der Waals surface area (Å²) in [5.74, 6) is 0.894. The fourth-order valence-electron chi connectivity index (χ4n) is 1.15. The molecule has 15 heavy (non-hydrogen) atoms. The number of aromatic nitrogens is 2. The normalized spacial score (nSPS) is 10.3. The van der Waals surface area contributed by atoms with E-state index in [2.05, 4.69) is 20.2 Å². The van der Waals surface area contributed by atoms with Crippen molar-refractivity contribution in [3.05, 3.63) is 18.6 Å². The van der Waals surface area contributed by atoms with Crippen LogP contribution in [0.1, 0.15) is 0 Å². The molecule has 0 fully saturated rings. The molecule has 1 aromatic heterocycles. The second-order valence-corrected chi connectivity index (χ2v) is 3.23. The molecule has 0 aliphatic rings. The van der Waals surface area contributed by atoms with Gasteiger partial charge < -0.3 is 15.0 Å². The Balaban J connectivity index is 2.16. The molecule has 1 N–H and O–H groups in total. The molecule has 0 aliphatic carbocycles. The van der Waals surface area contributed by atoms with Crippen LogP contribution in [0.4, 0.5) is 5.82 Å². The van der Waals surface area contributed by atoms with Crippen LogP contribution in [0.25, 0.3) is 0 Å². The molecule has 0 bridgehead atoms. The largest absolute Gasteiger partial charge is 0.383 e. The Hall–Kier alpha value is -1.20. The van der Waals surface area contributed by atoms with Crippen LogP contribution in [0.15, 0.2) is 18.6 Å². The summed E-state index contributed by atoms with van der Waals surface area (Å²) in [7, 11) is 3.70. The first-order valence-corrected chi connectivity index (χ1v) is 5.01. The van der Waals surface area contributed by atoms with Crippen LogP contribution in [0.3, 0.4) is 0 Å². The van der Waals surface area contributed by atoms with Crippen molar-refractivity contribution in [3.8, 4) is 0 Å². The molecule has 84 valence electrons. The van der Waals surface area contributed by atoms with Gasteiger partial charge in [0, 0.05) is 46.2 Å². The summed E-state index contributed by atoms with van der Waals surface area (Å²) >= 11 is 0. The maximum absolute atomic E-state index is 4.94. The number of nitrogens with zero attached hydrogens (tertiary/aromatic N) is 3. The molecule has 1 heterocycles. The van der Waals surface area contributed by atoms with E-state index in [9.17, 15) is 0 Å². The topological polar surface area (TPSA) is 50.3 Å². The number of rotatable bonds is 7. The zero-order chi connectivity index (χ0) is 10.9. The summed E-state index contributed by atoms with van der Waals surface area (Å²) in [6.07, 6.45) is 5.13. The Labute approximate surface area is 90.5 Å². The summed E-state index contributed by atoms with van der Waals surface area (Å²) in [4.78, 5) is 10.3. The van der Waals surface area contributed by atoms with Crippen LogP contribution < -0.4 is 10.2 Å². The van der Waals surface area contributed by atoms with Gasteiger partial charge in [-0.2, -0.15) is 0 Å². The predicted molar refractivity (Wildman–Crippen MR) is 60.0 cm³/mol. The molecule has 0 radical (unpaired) electrons. The minimum absolute atomic E-state index is 0.745. The minimum atomic E-state index is 0.745. The number of hydrogen-bond donors (Lipinski definition) is 1. The maximum Gasteiger partial charge on any atom is 0.146 e. The van der Waals surface area contributed by atoms with Gasteiger partial charge in [0.2, 0.25) is 0 Å². The fourth-order valence-corrected chi connectivity index (χ4v) is 1.15. The van der Waals surface area contributed by atoms with Gasteiger partial charge in [-0.25, -0.2) is 4.98 Å². The summed E-state index contributed by atoms with van der Waals surface area (Å²) < 4.78 is 4.94. The highest BCUT2D eigenvalue weighted by Crippen LogP contribution is 2.02. The second-order valence-electron chi connectivity index (χ2n) is 3.23. The van der Waals surface area contributed by atoms with E-state index in [0.29, 0.717) is 0 Å². The van der Waals surface area contributed by atoms with Crippen molar-refractivity contribution in [3.63, 3.8) is 0 Å². The summed E-state index contributed by atoms with van der Waals surface area (Å²) in [5, 5.41) is 3.27. The van der Waals surface area contributed by atoms with Crippen LogP contribution >= 0.6 is 0 Å². The lowest BCUT2D eigenvalue weighted by atomic mass is 10.5. The quantitative estimate of drug-likeness (QED) is 0.649. The van der Waals surface area contributed by atoms with Gasteiger partial charge in [0.05, 0.1) is 12.8 Å². The van der Waals surface area contributed by atoms with Crippen LogP contribution in [0.5, 0.6) is 0 Å². The lowest BCUT2D eigenvalue weighted by Gasteiger charge is -2.17. The molecule has 0 aromatic carbocycles. The van der Waals surface area contributed by atoms with Crippen molar-refractivity contribution in [2.75, 3.05) is 45.3 Å². The molecule has 0 unspecified atom stereocenters. The first-order valence-electron chi connectivity index (χ1n) is 5.01. The average molecular weight is 210 g/mol. The van der Waals surface area contributed by atoms with Gasteiger partial charge in [-0.1, -0.05) is 0 Å². The molecule has 0 aliphatic heterocycles. The number of likely N-dealkylation sites (N-methyl/N-ethyl adjacent to an activating group) is 1. The number of ether oxygens (including phenoxy) is 1. The van der Waals surface area contributed by atoms with E-state index in [1.807, 2.05) is 7.05 Å². The Bertz CT molecular complexity index is 255. The van der Waals surface area contributed by atoms with Gasteiger partial charge in [-0.15, -0.1) is 0 Å². The third kappa shape index (κ3) is 4.71. The average Bonchev–Trinajstić information content (AvgIpc) is 2.30. The first-order chi connectivity index (χ1) is 7.34. The summed E-state index contributed by atoms with van der Waals surface area (Å²) in [6, 6.07) is 0. The van der Waals surface area contributed by atoms with E-state index in [1.165, 1.54) is 0 Å². The lowest BCUT2D eigenvalue weighted by molar-refractivity contribution is 0.200. The summed E-state index contributed by atoms with van der Waals surface area (Å²) in [6.45, 7) is 3.44. The highest BCUT2D eigenvalue weighted by atomic mass is 16.5. The first kappa shape index (κ1) is 11.9. The third-order valence-electron chi connectivity index (χ3n) is 2.05. The Morgan fingerprint density at radius 2 is 2.27 bits per heavy atom. The molecule has 0 spiro atoms. The number of nitrogens with one attached hydrogen (secondary N) is 1. The van der Waals surface area contributed by atoms with Crippen molar-refractivity contribution in [1.82, 2.24) is 15.3 Å². The van der Waals surface area contributed by atoms with Gasteiger partial charge in [-0.05, 0) is 0 Å². The summed E-state index contributed by atoms with van der Waals surface area (Å²) in [5.41, 5.74) is 0. The van der Waals surface area contributed by atoms with Gasteiger partial charge in [0.25, 0.3) is 0 Å². The highest BCUT2D eigenvalue weighted by molar-refractivity contribution is 5.33. The Morgan fingerprint density at radius 1 is 1.40 bits per heavy atom. The Morgan fingerprint density at radius 3 is 2.93 bits per heavy atom. The number of methoxy groups -OCH3 is 1. The van der Waals surface area contributed by atoms with E-state index in [4.69, 9.17) is 4.74 Å². The van der Waals surface area contributed by atoms with Crippen LogP contribution in [0, 0.1) is 0 Å². The third-order valence-corrected chi connectivity index (χ3v) is 2.05. The molecule has 0 atom stereocenters. The fraction of sp³-hybridized carbons (Fsp3) is 0.600. The van der Waals surface area contributed by atoms with Crippen LogP contribution in [0.2, 0.25) is 0 Å². The van der Waals surface area contributed by atoms with Gasteiger partial charge in [-0.3, -0.25) is 4.98 Å². The Kier molecular flexibility index (Phi) is 5.65. The molecule has 1 rings (SSSR count). The van der Waals surface area contributed by atoms with E-state index < -0.39 is 0 Å². The van der Waals surface area contributed by atoms with Crippen molar-refractivity contribution in [2.45, 2.75) is 0 Å². The van der Waals surface area contributed by atoms with Crippen molar-refractivity contribution in [2.24, 2.45) is 0 Å². The van der Waals surface area contributed by atoms with Crippen molar-refractivity contribution in [1.29, 1.82) is 0 Å². The minimum Gasteiger partial charge on any atom is -0.383 e. The van der Waals surface area contributed by atoms with Crippen molar-refractivity contribution < 1.29 is 4.74 Å². The molecule has 0 saturated carbocycles. The van der Waals surface area contributed by atoms with Gasteiger partial charge >= 0.3 is 0 Å². The van der Waals surface area contributed by atoms with Crippen LogP contribution in [-0.2, 0) is 4.74 Å². The molecular formula is C10H18N4O. The van der Waals surface area contributed by atoms with E-state index in [0.717, 1.165) is 32.1 Å². The monoisotopic (exact) mass is 210 g/mol. The molecule has 0 saturated heterocycles. The lowest BCUT2D eigenvalue weighted by Crippen LogP contribution is -2.31. The molecule has 5 heteroatoms. The molecule has 1 aromatic rings. The number of hydrogen-bond acceptors (Lipinski definition) is 5. The highest BCUT2D eigenvalue weighted by Gasteiger charge is 2.00. The van der Waals surface area contributed by atoms with Crippen molar-refractivity contribution >= 4 is 5.82 Å². The van der Waals surface area contributed by atoms with Gasteiger partial charge in [0.15, 0.2) is 0 Å². The number of anilines is 1. The second kappa shape index (κ2) is 7.14. The molecule has 0 amide bonds. The predicted octanol–water partition coefficient (Wildman–Crippen LogP) is 0.149. The molecule has 5 nitrogen and oxygen atoms in total. The molecular weight excluding hydrogens is 192 g/mol. The standard InChI is InChI=1S/C10H18N4O/c1-14(7-5-11-6-8-15-2)10-9-12-3-4-13-10/h3-4,9,11H,5-8H2,1-2H3. The smallest absolute Gasteiger partial charge is 0.146 e.